The largest absolute Gasteiger partial charge is 0.492 e. The number of nitrogens with one attached hydrogen (secondary N) is 1. The molecule has 3 aromatic rings. The Morgan fingerprint density at radius 2 is 1.76 bits per heavy atom. The lowest BCUT2D eigenvalue weighted by Crippen LogP contribution is -2.31. The van der Waals surface area contributed by atoms with Crippen molar-refractivity contribution in [2.24, 2.45) is 5.92 Å². The number of ether oxygens (including phenoxy) is 2. The van der Waals surface area contributed by atoms with Gasteiger partial charge in [-0.1, -0.05) is 29.8 Å². The van der Waals surface area contributed by atoms with Gasteiger partial charge in [0.1, 0.15) is 18.1 Å². The van der Waals surface area contributed by atoms with Gasteiger partial charge in [0.15, 0.2) is 0 Å². The number of carbonyl (C=O) groups is 2. The molecule has 4 rings (SSSR count). The minimum Gasteiger partial charge on any atom is -0.492 e. The van der Waals surface area contributed by atoms with Crippen molar-refractivity contribution in [3.63, 3.8) is 0 Å². The predicted octanol–water partition coefficient (Wildman–Crippen LogP) is 4.75. The van der Waals surface area contributed by atoms with E-state index >= 15 is 0 Å². The molecule has 1 unspecified atom stereocenters. The Morgan fingerprint density at radius 1 is 1.00 bits per heavy atom. The van der Waals surface area contributed by atoms with E-state index in [-0.39, 0.29) is 18.5 Å². The Balaban J connectivity index is 1.36. The first-order valence-corrected chi connectivity index (χ1v) is 9.56. The molecule has 1 aliphatic rings. The van der Waals surface area contributed by atoms with Crippen molar-refractivity contribution in [2.45, 2.75) is 6.42 Å². The highest BCUT2D eigenvalue weighted by atomic mass is 35.5. The standard InChI is InChI=1S/C23H18ClNO4/c24-18-6-11-21-16(13-18)12-17(14-28-21)23(27)29-20-9-7-19(8-10-20)25-22(26)15-4-2-1-3-5-15/h1-11,13,17H,12,14H2,(H,25,26). The summed E-state index contributed by atoms with van der Waals surface area (Å²) in [5.41, 5.74) is 2.08. The maximum Gasteiger partial charge on any atom is 0.318 e. The zero-order valence-corrected chi connectivity index (χ0v) is 16.2. The fraction of sp³-hybridized carbons (Fsp3) is 0.130. The van der Waals surface area contributed by atoms with Crippen LogP contribution in [0.1, 0.15) is 15.9 Å². The van der Waals surface area contributed by atoms with Gasteiger partial charge in [-0.3, -0.25) is 9.59 Å². The van der Waals surface area contributed by atoms with Crippen LogP contribution in [0.4, 0.5) is 5.69 Å². The lowest BCUT2D eigenvalue weighted by Gasteiger charge is -2.24. The Labute approximate surface area is 173 Å². The molecule has 1 aliphatic heterocycles. The van der Waals surface area contributed by atoms with Gasteiger partial charge in [-0.05, 0) is 66.6 Å². The van der Waals surface area contributed by atoms with Gasteiger partial charge in [-0.25, -0.2) is 0 Å². The molecule has 1 N–H and O–H groups in total. The van der Waals surface area contributed by atoms with E-state index in [1.54, 1.807) is 60.7 Å². The van der Waals surface area contributed by atoms with Crippen LogP contribution >= 0.6 is 11.6 Å². The summed E-state index contributed by atoms with van der Waals surface area (Å²) in [6.07, 6.45) is 0.514. The monoisotopic (exact) mass is 407 g/mol. The van der Waals surface area contributed by atoms with Crippen molar-refractivity contribution in [1.82, 2.24) is 0 Å². The highest BCUT2D eigenvalue weighted by Crippen LogP contribution is 2.30. The number of rotatable bonds is 4. The summed E-state index contributed by atoms with van der Waals surface area (Å²) in [6.45, 7) is 0.263. The summed E-state index contributed by atoms with van der Waals surface area (Å²) in [4.78, 5) is 24.7. The lowest BCUT2D eigenvalue weighted by molar-refractivity contribution is -0.140. The minimum absolute atomic E-state index is 0.202. The Hall–Kier alpha value is -3.31. The molecule has 0 aromatic heterocycles. The van der Waals surface area contributed by atoms with Crippen LogP contribution in [0, 0.1) is 5.92 Å². The lowest BCUT2D eigenvalue weighted by atomic mass is 9.97. The number of halogens is 1. The fourth-order valence-corrected chi connectivity index (χ4v) is 3.31. The van der Waals surface area contributed by atoms with Gasteiger partial charge in [0.05, 0.1) is 5.92 Å². The van der Waals surface area contributed by atoms with E-state index in [1.807, 2.05) is 12.1 Å². The zero-order chi connectivity index (χ0) is 20.2. The Bertz CT molecular complexity index is 1030. The van der Waals surface area contributed by atoms with Gasteiger partial charge in [0, 0.05) is 16.3 Å². The molecule has 0 radical (unpaired) electrons. The van der Waals surface area contributed by atoms with E-state index in [2.05, 4.69) is 5.32 Å². The maximum absolute atomic E-state index is 12.5. The molecular weight excluding hydrogens is 390 g/mol. The van der Waals surface area contributed by atoms with Gasteiger partial charge < -0.3 is 14.8 Å². The van der Waals surface area contributed by atoms with Crippen LogP contribution in [-0.4, -0.2) is 18.5 Å². The quantitative estimate of drug-likeness (QED) is 0.500. The van der Waals surface area contributed by atoms with Crippen LogP contribution in [0.3, 0.4) is 0 Å². The second-order valence-corrected chi connectivity index (χ2v) is 7.17. The second-order valence-electron chi connectivity index (χ2n) is 6.73. The average Bonchev–Trinajstić information content (AvgIpc) is 2.75. The molecule has 0 fully saturated rings. The van der Waals surface area contributed by atoms with E-state index in [9.17, 15) is 9.59 Å². The van der Waals surface area contributed by atoms with Crippen LogP contribution in [0.5, 0.6) is 11.5 Å². The number of benzene rings is 3. The van der Waals surface area contributed by atoms with Crippen molar-refractivity contribution in [1.29, 1.82) is 0 Å². The Kier molecular flexibility index (Phi) is 5.49. The molecule has 1 atom stereocenters. The summed E-state index contributed by atoms with van der Waals surface area (Å²) >= 11 is 6.02. The topological polar surface area (TPSA) is 64.6 Å². The van der Waals surface area contributed by atoms with E-state index in [0.29, 0.717) is 28.4 Å². The third-order valence-corrected chi connectivity index (χ3v) is 4.86. The zero-order valence-electron chi connectivity index (χ0n) is 15.4. The first-order valence-electron chi connectivity index (χ1n) is 9.18. The molecule has 0 spiro atoms. The number of anilines is 1. The van der Waals surface area contributed by atoms with Crippen molar-refractivity contribution in [2.75, 3.05) is 11.9 Å². The summed E-state index contributed by atoms with van der Waals surface area (Å²) in [5, 5.41) is 3.41. The number of esters is 1. The SMILES string of the molecule is O=C(Nc1ccc(OC(=O)C2COc3ccc(Cl)cc3C2)cc1)c1ccccc1. The molecule has 0 saturated heterocycles. The number of fused-ring (bicyclic) bond motifs is 1. The third kappa shape index (κ3) is 4.58. The number of carbonyl (C=O) groups excluding carboxylic acids is 2. The van der Waals surface area contributed by atoms with Crippen molar-refractivity contribution >= 4 is 29.2 Å². The fourth-order valence-electron chi connectivity index (χ4n) is 3.11. The van der Waals surface area contributed by atoms with Gasteiger partial charge in [0.25, 0.3) is 5.91 Å². The summed E-state index contributed by atoms with van der Waals surface area (Å²) in [7, 11) is 0. The molecule has 146 valence electrons. The predicted molar refractivity (Wildman–Crippen MR) is 111 cm³/mol. The van der Waals surface area contributed by atoms with E-state index in [0.717, 1.165) is 11.3 Å². The molecule has 0 saturated carbocycles. The van der Waals surface area contributed by atoms with Gasteiger partial charge in [0.2, 0.25) is 0 Å². The first-order chi connectivity index (χ1) is 14.1. The molecule has 6 heteroatoms. The highest BCUT2D eigenvalue weighted by Gasteiger charge is 2.28. The van der Waals surface area contributed by atoms with Crippen LogP contribution in [0.2, 0.25) is 5.02 Å². The molecular formula is C23H18ClNO4. The second kappa shape index (κ2) is 8.37. The van der Waals surface area contributed by atoms with E-state index < -0.39 is 5.92 Å². The molecule has 29 heavy (non-hydrogen) atoms. The number of hydrogen-bond donors (Lipinski definition) is 1. The van der Waals surface area contributed by atoms with Crippen molar-refractivity contribution in [3.05, 3.63) is 88.9 Å². The van der Waals surface area contributed by atoms with E-state index in [4.69, 9.17) is 21.1 Å². The van der Waals surface area contributed by atoms with Crippen molar-refractivity contribution < 1.29 is 19.1 Å². The van der Waals surface area contributed by atoms with Gasteiger partial charge in [-0.15, -0.1) is 0 Å². The van der Waals surface area contributed by atoms with E-state index in [1.165, 1.54) is 0 Å². The average molecular weight is 408 g/mol. The summed E-state index contributed by atoms with van der Waals surface area (Å²) in [5.74, 6) is 0.184. The van der Waals surface area contributed by atoms with Crippen molar-refractivity contribution in [3.8, 4) is 11.5 Å². The highest BCUT2D eigenvalue weighted by molar-refractivity contribution is 6.30. The normalized spacial score (nSPS) is 15.0. The molecule has 5 nitrogen and oxygen atoms in total. The van der Waals surface area contributed by atoms with Crippen LogP contribution in [-0.2, 0) is 11.2 Å². The summed E-state index contributed by atoms with van der Waals surface area (Å²) in [6, 6.07) is 21.0. The van der Waals surface area contributed by atoms with Crippen LogP contribution in [0.25, 0.3) is 0 Å². The molecule has 3 aromatic carbocycles. The molecule has 0 bridgehead atoms. The van der Waals surface area contributed by atoms with Crippen LogP contribution in [0.15, 0.2) is 72.8 Å². The van der Waals surface area contributed by atoms with Gasteiger partial charge >= 0.3 is 5.97 Å². The smallest absolute Gasteiger partial charge is 0.318 e. The number of amides is 1. The first kappa shape index (κ1) is 19.0. The molecule has 0 aliphatic carbocycles. The summed E-state index contributed by atoms with van der Waals surface area (Å²) < 4.78 is 11.1. The minimum atomic E-state index is -0.404. The Morgan fingerprint density at radius 3 is 2.52 bits per heavy atom. The van der Waals surface area contributed by atoms with Crippen LogP contribution < -0.4 is 14.8 Å². The van der Waals surface area contributed by atoms with Gasteiger partial charge in [-0.2, -0.15) is 0 Å². The molecule has 1 heterocycles. The maximum atomic E-state index is 12.5. The number of hydrogen-bond acceptors (Lipinski definition) is 4. The molecule has 1 amide bonds. The third-order valence-electron chi connectivity index (χ3n) is 4.63.